The van der Waals surface area contributed by atoms with Crippen molar-refractivity contribution >= 4 is 27.3 Å². The summed E-state index contributed by atoms with van der Waals surface area (Å²) in [5.74, 6) is 1.53. The molecule has 0 fully saturated rings. The standard InChI is InChI=1S/C8H11BrOS/c1-5(2)6-4-11-8(9)7(6)10-3/h4-5H,1-3H3. The van der Waals surface area contributed by atoms with E-state index < -0.39 is 0 Å². The van der Waals surface area contributed by atoms with E-state index in [4.69, 9.17) is 4.74 Å². The summed E-state index contributed by atoms with van der Waals surface area (Å²) >= 11 is 5.11. The lowest BCUT2D eigenvalue weighted by Gasteiger charge is -2.05. The molecule has 0 radical (unpaired) electrons. The first kappa shape index (κ1) is 9.07. The van der Waals surface area contributed by atoms with Gasteiger partial charge in [0.15, 0.2) is 0 Å². The number of hydrogen-bond donors (Lipinski definition) is 0. The highest BCUT2D eigenvalue weighted by atomic mass is 79.9. The van der Waals surface area contributed by atoms with Gasteiger partial charge in [0.25, 0.3) is 0 Å². The molecular weight excluding hydrogens is 224 g/mol. The molecule has 0 aliphatic carbocycles. The summed E-state index contributed by atoms with van der Waals surface area (Å²) in [4.78, 5) is 0. The summed E-state index contributed by atoms with van der Waals surface area (Å²) in [7, 11) is 1.71. The summed E-state index contributed by atoms with van der Waals surface area (Å²) in [6.45, 7) is 4.33. The predicted octanol–water partition coefficient (Wildman–Crippen LogP) is 3.64. The van der Waals surface area contributed by atoms with E-state index in [2.05, 4.69) is 35.2 Å². The van der Waals surface area contributed by atoms with Gasteiger partial charge in [0.2, 0.25) is 0 Å². The smallest absolute Gasteiger partial charge is 0.147 e. The van der Waals surface area contributed by atoms with Gasteiger partial charge in [-0.15, -0.1) is 11.3 Å². The van der Waals surface area contributed by atoms with E-state index >= 15 is 0 Å². The fourth-order valence-electron chi connectivity index (χ4n) is 0.932. The van der Waals surface area contributed by atoms with E-state index in [0.29, 0.717) is 5.92 Å². The van der Waals surface area contributed by atoms with Gasteiger partial charge in [0, 0.05) is 5.56 Å². The third-order valence-corrected chi connectivity index (χ3v) is 3.24. The summed E-state index contributed by atoms with van der Waals surface area (Å²) in [6, 6.07) is 0. The fraction of sp³-hybridized carbons (Fsp3) is 0.500. The summed E-state index contributed by atoms with van der Waals surface area (Å²) in [5, 5.41) is 2.13. The molecule has 0 aromatic carbocycles. The van der Waals surface area contributed by atoms with Gasteiger partial charge < -0.3 is 4.74 Å². The first-order valence-corrected chi connectivity index (χ1v) is 5.15. The van der Waals surface area contributed by atoms with Crippen LogP contribution < -0.4 is 4.74 Å². The molecule has 1 heterocycles. The topological polar surface area (TPSA) is 9.23 Å². The Morgan fingerprint density at radius 1 is 1.55 bits per heavy atom. The van der Waals surface area contributed by atoms with E-state index in [0.717, 1.165) is 9.54 Å². The van der Waals surface area contributed by atoms with Crippen molar-refractivity contribution in [3.63, 3.8) is 0 Å². The zero-order valence-electron chi connectivity index (χ0n) is 6.85. The van der Waals surface area contributed by atoms with Crippen LogP contribution in [0.2, 0.25) is 0 Å². The van der Waals surface area contributed by atoms with E-state index in [9.17, 15) is 0 Å². The average molecular weight is 235 g/mol. The molecule has 0 N–H and O–H groups in total. The zero-order chi connectivity index (χ0) is 8.43. The average Bonchev–Trinajstić information content (AvgIpc) is 2.30. The number of methoxy groups -OCH3 is 1. The van der Waals surface area contributed by atoms with E-state index in [1.54, 1.807) is 18.4 Å². The second-order valence-corrected chi connectivity index (χ2v) is 4.85. The molecule has 1 rings (SSSR count). The Balaban J connectivity index is 3.05. The van der Waals surface area contributed by atoms with Gasteiger partial charge in [0.05, 0.1) is 7.11 Å². The van der Waals surface area contributed by atoms with Crippen molar-refractivity contribution in [1.29, 1.82) is 0 Å². The van der Waals surface area contributed by atoms with Gasteiger partial charge in [-0.1, -0.05) is 13.8 Å². The summed E-state index contributed by atoms with van der Waals surface area (Å²) in [6.07, 6.45) is 0. The molecule has 0 saturated heterocycles. The number of halogens is 1. The van der Waals surface area contributed by atoms with Crippen LogP contribution in [0.4, 0.5) is 0 Å². The highest BCUT2D eigenvalue weighted by molar-refractivity contribution is 9.11. The maximum atomic E-state index is 5.24. The van der Waals surface area contributed by atoms with Crippen LogP contribution in [0.25, 0.3) is 0 Å². The molecule has 1 aromatic heterocycles. The van der Waals surface area contributed by atoms with Crippen molar-refractivity contribution in [2.75, 3.05) is 7.11 Å². The number of thiophene rings is 1. The lowest BCUT2D eigenvalue weighted by Crippen LogP contribution is -1.89. The number of rotatable bonds is 2. The van der Waals surface area contributed by atoms with Gasteiger partial charge in [-0.25, -0.2) is 0 Å². The maximum absolute atomic E-state index is 5.24. The molecule has 0 unspecified atom stereocenters. The fourth-order valence-corrected chi connectivity index (χ4v) is 2.52. The Morgan fingerprint density at radius 2 is 2.18 bits per heavy atom. The van der Waals surface area contributed by atoms with Crippen LogP contribution in [0.3, 0.4) is 0 Å². The summed E-state index contributed by atoms with van der Waals surface area (Å²) in [5.41, 5.74) is 1.28. The van der Waals surface area contributed by atoms with Crippen LogP contribution in [0.15, 0.2) is 9.17 Å². The normalized spacial score (nSPS) is 10.6. The minimum absolute atomic E-state index is 0.535. The molecule has 11 heavy (non-hydrogen) atoms. The monoisotopic (exact) mass is 234 g/mol. The van der Waals surface area contributed by atoms with Crippen LogP contribution in [0.1, 0.15) is 25.3 Å². The Labute approximate surface area is 79.5 Å². The van der Waals surface area contributed by atoms with Crippen molar-refractivity contribution in [3.05, 3.63) is 14.7 Å². The van der Waals surface area contributed by atoms with Crippen molar-refractivity contribution in [1.82, 2.24) is 0 Å². The second kappa shape index (κ2) is 3.59. The number of ether oxygens (including phenoxy) is 1. The lowest BCUT2D eigenvalue weighted by atomic mass is 10.1. The zero-order valence-corrected chi connectivity index (χ0v) is 9.25. The first-order valence-electron chi connectivity index (χ1n) is 3.47. The first-order chi connectivity index (χ1) is 5.16. The molecule has 0 aliphatic heterocycles. The second-order valence-electron chi connectivity index (χ2n) is 2.65. The van der Waals surface area contributed by atoms with Gasteiger partial charge in [-0.2, -0.15) is 0 Å². The maximum Gasteiger partial charge on any atom is 0.147 e. The summed E-state index contributed by atoms with van der Waals surface area (Å²) < 4.78 is 6.33. The van der Waals surface area contributed by atoms with Gasteiger partial charge >= 0.3 is 0 Å². The predicted molar refractivity (Wildman–Crippen MR) is 52.7 cm³/mol. The number of hydrogen-bond acceptors (Lipinski definition) is 2. The van der Waals surface area contributed by atoms with Gasteiger partial charge in [-0.05, 0) is 27.2 Å². The minimum atomic E-state index is 0.535. The molecule has 62 valence electrons. The Hall–Kier alpha value is -0.0200. The van der Waals surface area contributed by atoms with Crippen LogP contribution in [-0.2, 0) is 0 Å². The molecule has 1 nitrogen and oxygen atoms in total. The van der Waals surface area contributed by atoms with E-state index in [-0.39, 0.29) is 0 Å². The quantitative estimate of drug-likeness (QED) is 0.760. The van der Waals surface area contributed by atoms with Crippen LogP contribution >= 0.6 is 27.3 Å². The van der Waals surface area contributed by atoms with Crippen molar-refractivity contribution in [2.45, 2.75) is 19.8 Å². The molecule has 1 aromatic rings. The van der Waals surface area contributed by atoms with Crippen LogP contribution in [0, 0.1) is 0 Å². The lowest BCUT2D eigenvalue weighted by molar-refractivity contribution is 0.407. The molecule has 0 aliphatic rings. The van der Waals surface area contributed by atoms with Crippen LogP contribution in [-0.4, -0.2) is 7.11 Å². The molecule has 0 spiro atoms. The molecule has 0 atom stereocenters. The van der Waals surface area contributed by atoms with Crippen molar-refractivity contribution < 1.29 is 4.74 Å². The van der Waals surface area contributed by atoms with Crippen molar-refractivity contribution in [2.24, 2.45) is 0 Å². The molecule has 0 bridgehead atoms. The van der Waals surface area contributed by atoms with E-state index in [1.165, 1.54) is 5.56 Å². The van der Waals surface area contributed by atoms with Crippen LogP contribution in [0.5, 0.6) is 5.75 Å². The SMILES string of the molecule is COc1c(C(C)C)csc1Br. The van der Waals surface area contributed by atoms with Gasteiger partial charge in [-0.3, -0.25) is 0 Å². The van der Waals surface area contributed by atoms with E-state index in [1.807, 2.05) is 0 Å². The molecule has 3 heteroatoms. The Morgan fingerprint density at radius 3 is 2.55 bits per heavy atom. The van der Waals surface area contributed by atoms with Gasteiger partial charge in [0.1, 0.15) is 9.54 Å². The largest absolute Gasteiger partial charge is 0.494 e. The minimum Gasteiger partial charge on any atom is -0.494 e. The third-order valence-electron chi connectivity index (χ3n) is 1.56. The highest BCUT2D eigenvalue weighted by Crippen LogP contribution is 2.38. The Bertz CT molecular complexity index is 242. The van der Waals surface area contributed by atoms with Crippen molar-refractivity contribution in [3.8, 4) is 5.75 Å². The third kappa shape index (κ3) is 1.76. The molecule has 0 amide bonds. The highest BCUT2D eigenvalue weighted by Gasteiger charge is 2.12. The molecular formula is C8H11BrOS. The Kier molecular flexibility index (Phi) is 2.96. The molecule has 0 saturated carbocycles.